The summed E-state index contributed by atoms with van der Waals surface area (Å²) in [5.74, 6) is -0.809. The van der Waals surface area contributed by atoms with Crippen LogP contribution in [0.25, 0.3) is 6.08 Å². The van der Waals surface area contributed by atoms with Gasteiger partial charge in [-0.05, 0) is 11.6 Å². The molecule has 1 N–H and O–H groups in total. The third kappa shape index (κ3) is 5.77. The number of esters is 2. The Morgan fingerprint density at radius 1 is 1.30 bits per heavy atom. The third-order valence-corrected chi connectivity index (χ3v) is 4.60. The number of carbonyl (C=O) groups is 2. The number of hydrogen-bond acceptors (Lipinski definition) is 6. The lowest BCUT2D eigenvalue weighted by Crippen LogP contribution is -2.42. The second kappa shape index (κ2) is 8.97. The molecule has 2 heterocycles. The number of hydrogen-bond donors (Lipinski definition) is 1. The van der Waals surface area contributed by atoms with Crippen LogP contribution in [0.3, 0.4) is 0 Å². The first-order valence-electron chi connectivity index (χ1n) is 9.12. The zero-order valence-corrected chi connectivity index (χ0v) is 15.2. The van der Waals surface area contributed by atoms with Crippen molar-refractivity contribution in [2.24, 2.45) is 0 Å². The fraction of sp³-hybridized carbons (Fsp3) is 0.429. The van der Waals surface area contributed by atoms with Crippen molar-refractivity contribution in [3.05, 3.63) is 54.1 Å². The summed E-state index contributed by atoms with van der Waals surface area (Å²) in [6.07, 6.45) is 5.62. The van der Waals surface area contributed by atoms with Gasteiger partial charge in [0.05, 0.1) is 12.2 Å². The summed E-state index contributed by atoms with van der Waals surface area (Å²) in [6, 6.07) is 9.85. The number of ether oxygens (including phenoxy) is 3. The highest BCUT2D eigenvalue weighted by Gasteiger charge is 2.35. The van der Waals surface area contributed by atoms with E-state index in [1.807, 2.05) is 42.5 Å². The fourth-order valence-corrected chi connectivity index (χ4v) is 3.40. The smallest absolute Gasteiger partial charge is 0.330 e. The molecule has 1 aromatic carbocycles. The molecule has 1 aromatic rings. The quantitative estimate of drug-likeness (QED) is 0.800. The monoisotopic (exact) mass is 372 g/mol. The first-order chi connectivity index (χ1) is 13.0. The number of benzene rings is 1. The van der Waals surface area contributed by atoms with Crippen LogP contribution < -0.4 is 0 Å². The average Bonchev–Trinajstić information content (AvgIpc) is 2.63. The number of aliphatic hydroxyl groups is 1. The van der Waals surface area contributed by atoms with Crippen molar-refractivity contribution in [2.75, 3.05) is 0 Å². The van der Waals surface area contributed by atoms with Crippen LogP contribution in [-0.2, 0) is 23.8 Å². The minimum absolute atomic E-state index is 0.236. The van der Waals surface area contributed by atoms with Crippen molar-refractivity contribution in [1.29, 1.82) is 0 Å². The molecule has 0 saturated carbocycles. The predicted octanol–water partition coefficient (Wildman–Crippen LogP) is 2.41. The Morgan fingerprint density at radius 2 is 2.07 bits per heavy atom. The largest absolute Gasteiger partial charge is 0.462 e. The summed E-state index contributed by atoms with van der Waals surface area (Å²) in [6.45, 7) is 1.39. The Bertz CT molecular complexity index is 711. The van der Waals surface area contributed by atoms with Gasteiger partial charge in [0.25, 0.3) is 0 Å². The van der Waals surface area contributed by atoms with Crippen LogP contribution in [0, 0.1) is 0 Å². The second-order valence-electron chi connectivity index (χ2n) is 6.83. The summed E-state index contributed by atoms with van der Waals surface area (Å²) < 4.78 is 16.7. The Hall–Kier alpha value is -2.44. The van der Waals surface area contributed by atoms with Gasteiger partial charge >= 0.3 is 11.9 Å². The summed E-state index contributed by atoms with van der Waals surface area (Å²) >= 11 is 0. The number of carbonyl (C=O) groups excluding carboxylic acids is 2. The normalized spacial score (nSPS) is 30.9. The van der Waals surface area contributed by atoms with Crippen LogP contribution in [0.4, 0.5) is 0 Å². The van der Waals surface area contributed by atoms with Gasteiger partial charge in [0.1, 0.15) is 18.3 Å². The predicted molar refractivity (Wildman–Crippen MR) is 98.6 cm³/mol. The summed E-state index contributed by atoms with van der Waals surface area (Å²) in [5, 5.41) is 10.0. The first kappa shape index (κ1) is 19.3. The van der Waals surface area contributed by atoms with Crippen LogP contribution in [0.2, 0.25) is 0 Å². The van der Waals surface area contributed by atoms with E-state index < -0.39 is 18.2 Å². The maximum Gasteiger partial charge on any atom is 0.330 e. The Labute approximate surface area is 158 Å². The van der Waals surface area contributed by atoms with E-state index in [9.17, 15) is 14.7 Å². The number of cyclic esters (lactones) is 1. The molecular formula is C21H24O6. The van der Waals surface area contributed by atoms with Gasteiger partial charge in [-0.3, -0.25) is 4.79 Å². The fourth-order valence-electron chi connectivity index (χ4n) is 3.40. The molecule has 5 atom stereocenters. The van der Waals surface area contributed by atoms with Crippen molar-refractivity contribution in [3.8, 4) is 0 Å². The van der Waals surface area contributed by atoms with E-state index in [-0.39, 0.29) is 24.3 Å². The molecule has 0 bridgehead atoms. The van der Waals surface area contributed by atoms with Gasteiger partial charge in [-0.25, -0.2) is 4.79 Å². The van der Waals surface area contributed by atoms with E-state index in [0.717, 1.165) is 5.56 Å². The van der Waals surface area contributed by atoms with Crippen LogP contribution in [0.1, 0.15) is 31.7 Å². The molecule has 6 nitrogen and oxygen atoms in total. The molecule has 144 valence electrons. The van der Waals surface area contributed by atoms with Gasteiger partial charge in [-0.2, -0.15) is 0 Å². The van der Waals surface area contributed by atoms with Gasteiger partial charge in [-0.1, -0.05) is 42.5 Å². The number of aliphatic hydroxyl groups excluding tert-OH is 1. The van der Waals surface area contributed by atoms with Crippen molar-refractivity contribution >= 4 is 18.0 Å². The molecule has 6 heteroatoms. The average molecular weight is 372 g/mol. The van der Waals surface area contributed by atoms with E-state index >= 15 is 0 Å². The lowest BCUT2D eigenvalue weighted by Gasteiger charge is -2.36. The molecule has 2 aliphatic rings. The van der Waals surface area contributed by atoms with E-state index in [1.165, 1.54) is 19.1 Å². The van der Waals surface area contributed by atoms with Crippen molar-refractivity contribution in [3.63, 3.8) is 0 Å². The lowest BCUT2D eigenvalue weighted by molar-refractivity contribution is -0.163. The van der Waals surface area contributed by atoms with E-state index in [4.69, 9.17) is 14.2 Å². The molecule has 0 aliphatic carbocycles. The second-order valence-corrected chi connectivity index (χ2v) is 6.83. The maximum atomic E-state index is 11.5. The molecule has 0 spiro atoms. The van der Waals surface area contributed by atoms with Crippen LogP contribution in [0.5, 0.6) is 0 Å². The standard InChI is InChI=1S/C21H24O6/c1-14(22)25-17-11-16(8-7-15-5-3-2-4-6-15)26-18(12-17)13-20-19(23)9-10-21(24)27-20/h2-10,16-20,23H,11-13H2,1H3/b8-7+/t16-,17-,18-,19-,20-/m1/s1. The Morgan fingerprint density at radius 3 is 2.81 bits per heavy atom. The van der Waals surface area contributed by atoms with E-state index in [1.54, 1.807) is 0 Å². The van der Waals surface area contributed by atoms with E-state index in [0.29, 0.717) is 19.3 Å². The SMILES string of the molecule is CC(=O)O[C@H]1C[C@H](C[C@H]2OC(=O)C=C[C@H]2O)O[C@H](/C=C/c2ccccc2)C1. The molecule has 1 fully saturated rings. The highest BCUT2D eigenvalue weighted by Crippen LogP contribution is 2.28. The zero-order valence-electron chi connectivity index (χ0n) is 15.2. The van der Waals surface area contributed by atoms with Crippen LogP contribution in [-0.4, -0.2) is 47.6 Å². The van der Waals surface area contributed by atoms with Crippen LogP contribution in [0.15, 0.2) is 48.6 Å². The summed E-state index contributed by atoms with van der Waals surface area (Å²) in [7, 11) is 0. The first-order valence-corrected chi connectivity index (χ1v) is 9.12. The minimum atomic E-state index is -0.862. The molecule has 0 aromatic heterocycles. The third-order valence-electron chi connectivity index (χ3n) is 4.60. The van der Waals surface area contributed by atoms with Gasteiger partial charge < -0.3 is 19.3 Å². The van der Waals surface area contributed by atoms with Crippen molar-refractivity contribution < 1.29 is 28.9 Å². The molecule has 0 amide bonds. The maximum absolute atomic E-state index is 11.5. The molecule has 3 rings (SSSR count). The topological polar surface area (TPSA) is 82.1 Å². The highest BCUT2D eigenvalue weighted by atomic mass is 16.6. The molecule has 2 aliphatic heterocycles. The van der Waals surface area contributed by atoms with Gasteiger partial charge in [0, 0.05) is 32.3 Å². The molecule has 0 unspecified atom stereocenters. The van der Waals surface area contributed by atoms with Gasteiger partial charge in [0.15, 0.2) is 0 Å². The highest BCUT2D eigenvalue weighted by molar-refractivity contribution is 5.83. The summed E-state index contributed by atoms with van der Waals surface area (Å²) in [5.41, 5.74) is 1.05. The van der Waals surface area contributed by atoms with Gasteiger partial charge in [-0.15, -0.1) is 0 Å². The molecule has 1 saturated heterocycles. The molecule has 27 heavy (non-hydrogen) atoms. The lowest BCUT2D eigenvalue weighted by atomic mass is 9.94. The number of rotatable bonds is 5. The summed E-state index contributed by atoms with van der Waals surface area (Å²) in [4.78, 5) is 22.8. The molecular weight excluding hydrogens is 348 g/mol. The van der Waals surface area contributed by atoms with Gasteiger partial charge in [0.2, 0.25) is 0 Å². The Kier molecular flexibility index (Phi) is 6.42. The van der Waals surface area contributed by atoms with Crippen LogP contribution >= 0.6 is 0 Å². The van der Waals surface area contributed by atoms with E-state index in [2.05, 4.69) is 0 Å². The minimum Gasteiger partial charge on any atom is -0.462 e. The molecule has 0 radical (unpaired) electrons. The Balaban J connectivity index is 1.67. The zero-order chi connectivity index (χ0) is 19.2. The van der Waals surface area contributed by atoms with Crippen molar-refractivity contribution in [2.45, 2.75) is 56.7 Å². The van der Waals surface area contributed by atoms with Crippen molar-refractivity contribution in [1.82, 2.24) is 0 Å².